The zero-order valence-electron chi connectivity index (χ0n) is 11.2. The third kappa shape index (κ3) is 4.30. The number of aromatic nitrogens is 2. The molecule has 0 saturated carbocycles. The van der Waals surface area contributed by atoms with Crippen molar-refractivity contribution in [3.8, 4) is 0 Å². The molecule has 2 rings (SSSR count). The molecule has 2 atom stereocenters. The van der Waals surface area contributed by atoms with Gasteiger partial charge in [-0.3, -0.25) is 0 Å². The average molecular weight is 293 g/mol. The van der Waals surface area contributed by atoms with E-state index in [1.165, 1.54) is 17.1 Å². The fourth-order valence-electron chi connectivity index (χ4n) is 1.96. The van der Waals surface area contributed by atoms with Crippen molar-refractivity contribution in [3.05, 3.63) is 42.2 Å². The average Bonchev–Trinajstić information content (AvgIpc) is 2.93. The summed E-state index contributed by atoms with van der Waals surface area (Å²) in [7, 11) is 0. The number of thioether (sulfide) groups is 1. The predicted octanol–water partition coefficient (Wildman–Crippen LogP) is 3.76. The highest BCUT2D eigenvalue weighted by Gasteiger charge is 2.20. The van der Waals surface area contributed by atoms with E-state index in [9.17, 15) is 0 Å². The van der Waals surface area contributed by atoms with E-state index in [1.54, 1.807) is 18.1 Å². The summed E-state index contributed by atoms with van der Waals surface area (Å²) >= 11 is 3.25. The van der Waals surface area contributed by atoms with Crippen LogP contribution in [0.3, 0.4) is 0 Å². The smallest absolute Gasteiger partial charge is 0.170 e. The molecule has 0 bridgehead atoms. The largest absolute Gasteiger partial charge is 0.309 e. The quantitative estimate of drug-likeness (QED) is 0.789. The van der Waals surface area contributed by atoms with Crippen LogP contribution in [0.5, 0.6) is 0 Å². The van der Waals surface area contributed by atoms with Gasteiger partial charge in [-0.1, -0.05) is 55.9 Å². The van der Waals surface area contributed by atoms with E-state index in [0.717, 1.165) is 17.3 Å². The standard InChI is InChI=1S/C14H19N3S2/c1-3-9-15-13(12-7-5-4-6-8-12)11(2)18-14-16-10-17-19-14/h4-8,10-11,13,15H,3,9H2,1-2H3. The Morgan fingerprint density at radius 2 is 2.11 bits per heavy atom. The van der Waals surface area contributed by atoms with Crippen LogP contribution >= 0.6 is 23.3 Å². The minimum Gasteiger partial charge on any atom is -0.309 e. The molecule has 3 nitrogen and oxygen atoms in total. The molecule has 0 aliphatic rings. The van der Waals surface area contributed by atoms with Gasteiger partial charge in [-0.25, -0.2) is 4.98 Å². The van der Waals surface area contributed by atoms with Crippen LogP contribution in [-0.2, 0) is 0 Å². The van der Waals surface area contributed by atoms with Crippen LogP contribution in [0, 0.1) is 0 Å². The molecule has 0 aliphatic carbocycles. The predicted molar refractivity (Wildman–Crippen MR) is 82.7 cm³/mol. The number of hydrogen-bond donors (Lipinski definition) is 1. The molecule has 1 aromatic heterocycles. The molecule has 0 saturated heterocycles. The Kier molecular flexibility index (Phi) is 5.82. The van der Waals surface area contributed by atoms with Gasteiger partial charge in [0, 0.05) is 11.3 Å². The molecule has 0 spiro atoms. The van der Waals surface area contributed by atoms with E-state index in [4.69, 9.17) is 0 Å². The third-order valence-electron chi connectivity index (χ3n) is 2.87. The van der Waals surface area contributed by atoms with Crippen molar-refractivity contribution in [2.45, 2.75) is 35.9 Å². The monoisotopic (exact) mass is 293 g/mol. The second kappa shape index (κ2) is 7.62. The van der Waals surface area contributed by atoms with Crippen LogP contribution in [0.15, 0.2) is 41.0 Å². The van der Waals surface area contributed by atoms with Crippen LogP contribution in [0.4, 0.5) is 0 Å². The first kappa shape index (κ1) is 14.5. The molecule has 5 heteroatoms. The summed E-state index contributed by atoms with van der Waals surface area (Å²) in [4.78, 5) is 4.26. The Morgan fingerprint density at radius 3 is 2.74 bits per heavy atom. The molecule has 1 aromatic carbocycles. The second-order valence-corrected chi connectivity index (χ2v) is 6.78. The molecular formula is C14H19N3S2. The molecule has 0 radical (unpaired) electrons. The Hall–Kier alpha value is -0.910. The lowest BCUT2D eigenvalue weighted by molar-refractivity contribution is 0.528. The molecule has 1 heterocycles. The number of nitrogens with zero attached hydrogens (tertiary/aromatic N) is 2. The number of benzene rings is 1. The lowest BCUT2D eigenvalue weighted by atomic mass is 10.0. The Balaban J connectivity index is 2.08. The van der Waals surface area contributed by atoms with Crippen LogP contribution in [0.2, 0.25) is 0 Å². The zero-order valence-corrected chi connectivity index (χ0v) is 12.9. The van der Waals surface area contributed by atoms with Gasteiger partial charge in [-0.05, 0) is 30.1 Å². The molecule has 1 N–H and O–H groups in total. The van der Waals surface area contributed by atoms with Crippen LogP contribution in [-0.4, -0.2) is 21.2 Å². The number of hydrogen-bond acceptors (Lipinski definition) is 5. The summed E-state index contributed by atoms with van der Waals surface area (Å²) < 4.78 is 5.09. The van der Waals surface area contributed by atoms with Crippen molar-refractivity contribution in [1.82, 2.24) is 14.7 Å². The van der Waals surface area contributed by atoms with E-state index in [2.05, 4.69) is 58.9 Å². The van der Waals surface area contributed by atoms with Crippen molar-refractivity contribution in [2.24, 2.45) is 0 Å². The Bertz CT molecular complexity index is 459. The summed E-state index contributed by atoms with van der Waals surface area (Å²) in [6.45, 7) is 5.46. The van der Waals surface area contributed by atoms with E-state index in [-0.39, 0.29) is 0 Å². The van der Waals surface area contributed by atoms with E-state index in [1.807, 2.05) is 0 Å². The van der Waals surface area contributed by atoms with Crippen LogP contribution in [0.25, 0.3) is 0 Å². The minimum absolute atomic E-state index is 0.343. The molecule has 102 valence electrons. The fraction of sp³-hybridized carbons (Fsp3) is 0.429. The van der Waals surface area contributed by atoms with E-state index < -0.39 is 0 Å². The van der Waals surface area contributed by atoms with Gasteiger partial charge in [0.15, 0.2) is 4.34 Å². The van der Waals surface area contributed by atoms with Crippen molar-refractivity contribution in [1.29, 1.82) is 0 Å². The molecule has 0 amide bonds. The molecule has 2 unspecified atom stereocenters. The van der Waals surface area contributed by atoms with E-state index >= 15 is 0 Å². The van der Waals surface area contributed by atoms with Gasteiger partial charge in [0.2, 0.25) is 0 Å². The van der Waals surface area contributed by atoms with Crippen LogP contribution in [0.1, 0.15) is 31.9 Å². The third-order valence-corrected chi connectivity index (χ3v) is 4.79. The first-order valence-corrected chi connectivity index (χ1v) is 8.18. The van der Waals surface area contributed by atoms with Gasteiger partial charge >= 0.3 is 0 Å². The van der Waals surface area contributed by atoms with Gasteiger partial charge in [-0.2, -0.15) is 4.37 Å². The number of nitrogens with one attached hydrogen (secondary N) is 1. The summed E-state index contributed by atoms with van der Waals surface area (Å²) in [5.41, 5.74) is 1.33. The summed E-state index contributed by atoms with van der Waals surface area (Å²) in [5, 5.41) is 4.05. The highest BCUT2D eigenvalue weighted by molar-refractivity contribution is 8.01. The maximum absolute atomic E-state index is 4.26. The fourth-order valence-corrected chi connectivity index (χ4v) is 3.81. The maximum Gasteiger partial charge on any atom is 0.170 e. The lowest BCUT2D eigenvalue weighted by Crippen LogP contribution is -2.29. The van der Waals surface area contributed by atoms with E-state index in [0.29, 0.717) is 11.3 Å². The van der Waals surface area contributed by atoms with Gasteiger partial charge in [-0.15, -0.1) is 0 Å². The molecular weight excluding hydrogens is 274 g/mol. The SMILES string of the molecule is CCCNC(c1ccccc1)C(C)Sc1ncns1. The highest BCUT2D eigenvalue weighted by Crippen LogP contribution is 2.32. The van der Waals surface area contributed by atoms with Crippen molar-refractivity contribution < 1.29 is 0 Å². The Labute approximate surface area is 123 Å². The lowest BCUT2D eigenvalue weighted by Gasteiger charge is -2.24. The molecule has 2 aromatic rings. The van der Waals surface area contributed by atoms with Crippen LogP contribution < -0.4 is 5.32 Å². The van der Waals surface area contributed by atoms with Crippen molar-refractivity contribution >= 4 is 23.3 Å². The molecule has 0 fully saturated rings. The Morgan fingerprint density at radius 1 is 1.32 bits per heavy atom. The topological polar surface area (TPSA) is 37.8 Å². The minimum atomic E-state index is 0.343. The molecule has 19 heavy (non-hydrogen) atoms. The summed E-state index contributed by atoms with van der Waals surface area (Å²) in [6, 6.07) is 11.0. The maximum atomic E-state index is 4.26. The first-order chi connectivity index (χ1) is 9.31. The van der Waals surface area contributed by atoms with Gasteiger partial charge in [0.1, 0.15) is 6.33 Å². The summed E-state index contributed by atoms with van der Waals surface area (Å²) in [6.07, 6.45) is 2.76. The molecule has 0 aliphatic heterocycles. The van der Waals surface area contributed by atoms with Gasteiger partial charge in [0.25, 0.3) is 0 Å². The van der Waals surface area contributed by atoms with Gasteiger partial charge < -0.3 is 5.32 Å². The van der Waals surface area contributed by atoms with Crippen molar-refractivity contribution in [2.75, 3.05) is 6.54 Å². The van der Waals surface area contributed by atoms with Crippen molar-refractivity contribution in [3.63, 3.8) is 0 Å². The summed E-state index contributed by atoms with van der Waals surface area (Å²) in [5.74, 6) is 0. The van der Waals surface area contributed by atoms with Gasteiger partial charge in [0.05, 0.1) is 0 Å². The first-order valence-electron chi connectivity index (χ1n) is 6.53. The number of rotatable bonds is 7. The normalized spacial score (nSPS) is 14.2. The zero-order chi connectivity index (χ0) is 13.5. The second-order valence-electron chi connectivity index (χ2n) is 4.37. The highest BCUT2D eigenvalue weighted by atomic mass is 32.2.